The topological polar surface area (TPSA) is 122 Å². The lowest BCUT2D eigenvalue weighted by Crippen LogP contribution is -2.47. The van der Waals surface area contributed by atoms with Crippen molar-refractivity contribution >= 4 is 23.3 Å². The lowest BCUT2D eigenvalue weighted by atomic mass is 10.0. The van der Waals surface area contributed by atoms with Gasteiger partial charge in [-0.3, -0.25) is 9.69 Å². The van der Waals surface area contributed by atoms with Gasteiger partial charge in [0.15, 0.2) is 11.5 Å². The quantitative estimate of drug-likeness (QED) is 0.227. The van der Waals surface area contributed by atoms with E-state index in [9.17, 15) is 27.9 Å². The number of hydrogen-bond donors (Lipinski definition) is 3. The summed E-state index contributed by atoms with van der Waals surface area (Å²) in [5.41, 5.74) is 0.854. The summed E-state index contributed by atoms with van der Waals surface area (Å²) in [5.74, 6) is 1.24. The van der Waals surface area contributed by atoms with Gasteiger partial charge in [-0.25, -0.2) is 4.79 Å². The van der Waals surface area contributed by atoms with Gasteiger partial charge in [-0.2, -0.15) is 13.2 Å². The molecule has 4 atom stereocenters. The van der Waals surface area contributed by atoms with E-state index in [1.54, 1.807) is 24.0 Å². The number of carbonyl (C=O) groups excluding carboxylic acids is 2. The smallest absolute Gasteiger partial charge is 0.416 e. The Morgan fingerprint density at radius 1 is 0.981 bits per heavy atom. The monoisotopic (exact) mass is 728 g/mol. The molecule has 3 N–H and O–H groups in total. The summed E-state index contributed by atoms with van der Waals surface area (Å²) in [5, 5.41) is 15.4. The van der Waals surface area contributed by atoms with Crippen molar-refractivity contribution in [2.75, 3.05) is 50.8 Å². The van der Waals surface area contributed by atoms with Crippen molar-refractivity contribution in [2.45, 2.75) is 71.0 Å². The third-order valence-electron chi connectivity index (χ3n) is 9.16. The number of halogens is 3. The molecule has 0 bridgehead atoms. The predicted molar refractivity (Wildman–Crippen MR) is 190 cm³/mol. The normalized spacial score (nSPS) is 20.4. The highest BCUT2D eigenvalue weighted by molar-refractivity contribution is 6.02. The molecule has 0 aromatic heterocycles. The summed E-state index contributed by atoms with van der Waals surface area (Å²) >= 11 is 0. The fourth-order valence-corrected chi connectivity index (χ4v) is 6.22. The van der Waals surface area contributed by atoms with E-state index in [1.165, 1.54) is 6.07 Å². The second-order valence-corrected chi connectivity index (χ2v) is 13.5. The molecule has 0 spiro atoms. The molecule has 11 nitrogen and oxygen atoms in total. The molecule has 2 aliphatic rings. The van der Waals surface area contributed by atoms with Crippen LogP contribution in [0.5, 0.6) is 17.2 Å². The van der Waals surface area contributed by atoms with Crippen molar-refractivity contribution in [1.29, 1.82) is 0 Å². The van der Waals surface area contributed by atoms with Crippen LogP contribution >= 0.6 is 0 Å². The molecule has 2 heterocycles. The highest BCUT2D eigenvalue weighted by Gasteiger charge is 2.32. The standard InChI is InChI=1S/C38H47F3N4O7/c1-24-19-45(25(2)22-46)36(47)31-18-30(43-37(48)42-29-11-9-28(10-12-29)38(39,40)41)13-15-32(31)52-26(3)7-5-6-16-49-35(24)21-44(4)20-27-8-14-33-34(17-27)51-23-50-33/h8-15,17-18,24-26,35,46H,5-7,16,19-23H2,1-4H3,(H2,42,43,48)/t24-,25+,26+,35+/m0/s1. The summed E-state index contributed by atoms with van der Waals surface area (Å²) in [7, 11) is 2.02. The average Bonchev–Trinajstić information content (AvgIpc) is 3.57. The number of urea groups is 1. The molecule has 14 heteroatoms. The molecule has 0 saturated carbocycles. The first-order chi connectivity index (χ1) is 24.8. The van der Waals surface area contributed by atoms with E-state index >= 15 is 0 Å². The van der Waals surface area contributed by atoms with Gasteiger partial charge in [-0.05, 0) is 100 Å². The van der Waals surface area contributed by atoms with Crippen LogP contribution in [0.3, 0.4) is 0 Å². The largest absolute Gasteiger partial charge is 0.490 e. The van der Waals surface area contributed by atoms with Gasteiger partial charge in [0.2, 0.25) is 6.79 Å². The lowest BCUT2D eigenvalue weighted by molar-refractivity contribution is -0.137. The molecule has 0 saturated heterocycles. The summed E-state index contributed by atoms with van der Waals surface area (Å²) < 4.78 is 62.7. The number of alkyl halides is 3. The van der Waals surface area contributed by atoms with E-state index in [4.69, 9.17) is 18.9 Å². The Bertz CT molecular complexity index is 1670. The number of rotatable bonds is 8. The number of ether oxygens (including phenoxy) is 4. The highest BCUT2D eigenvalue weighted by Crippen LogP contribution is 2.34. The maximum absolute atomic E-state index is 14.4. The first-order valence-electron chi connectivity index (χ1n) is 17.5. The molecule has 52 heavy (non-hydrogen) atoms. The van der Waals surface area contributed by atoms with E-state index in [0.717, 1.165) is 54.2 Å². The number of anilines is 2. The number of carbonyl (C=O) groups is 2. The highest BCUT2D eigenvalue weighted by atomic mass is 19.4. The summed E-state index contributed by atoms with van der Waals surface area (Å²) in [6.07, 6.45) is -2.59. The summed E-state index contributed by atoms with van der Waals surface area (Å²) in [4.78, 5) is 31.0. The van der Waals surface area contributed by atoms with Gasteiger partial charge >= 0.3 is 12.2 Å². The third kappa shape index (κ3) is 10.3. The van der Waals surface area contributed by atoms with E-state index in [2.05, 4.69) is 15.5 Å². The minimum absolute atomic E-state index is 0.140. The Kier molecular flexibility index (Phi) is 12.9. The lowest BCUT2D eigenvalue weighted by Gasteiger charge is -2.36. The van der Waals surface area contributed by atoms with Crippen molar-refractivity contribution in [1.82, 2.24) is 9.80 Å². The first-order valence-corrected chi connectivity index (χ1v) is 17.5. The van der Waals surface area contributed by atoms with Gasteiger partial charge < -0.3 is 39.6 Å². The maximum atomic E-state index is 14.4. The van der Waals surface area contributed by atoms with Crippen LogP contribution in [0.1, 0.15) is 61.5 Å². The van der Waals surface area contributed by atoms with Crippen molar-refractivity contribution in [3.63, 3.8) is 0 Å². The number of benzene rings is 3. The van der Waals surface area contributed by atoms with Gasteiger partial charge in [0.1, 0.15) is 5.75 Å². The molecule has 3 amide bonds. The fraction of sp³-hybridized carbons (Fsp3) is 0.474. The second kappa shape index (κ2) is 17.3. The van der Waals surface area contributed by atoms with Gasteiger partial charge in [-0.15, -0.1) is 0 Å². The molecule has 3 aromatic rings. The number of likely N-dealkylation sites (N-methyl/N-ethyl adjacent to an activating group) is 1. The van der Waals surface area contributed by atoms with E-state index in [0.29, 0.717) is 31.9 Å². The molecule has 3 aromatic carbocycles. The van der Waals surface area contributed by atoms with Crippen molar-refractivity contribution in [2.24, 2.45) is 5.92 Å². The van der Waals surface area contributed by atoms with Gasteiger partial charge in [0, 0.05) is 43.5 Å². The Hall–Kier alpha value is -4.53. The third-order valence-corrected chi connectivity index (χ3v) is 9.16. The van der Waals surface area contributed by atoms with Gasteiger partial charge in [0.05, 0.1) is 36.0 Å². The molecular formula is C38H47F3N4O7. The van der Waals surface area contributed by atoms with Crippen LogP contribution in [-0.4, -0.2) is 85.2 Å². The van der Waals surface area contributed by atoms with Gasteiger partial charge in [0.25, 0.3) is 5.91 Å². The molecule has 282 valence electrons. The number of aliphatic hydroxyl groups excluding tert-OH is 1. The van der Waals surface area contributed by atoms with Crippen LogP contribution in [0.25, 0.3) is 0 Å². The minimum atomic E-state index is -4.50. The van der Waals surface area contributed by atoms with Crippen LogP contribution in [0.2, 0.25) is 0 Å². The number of aliphatic hydroxyl groups is 1. The van der Waals surface area contributed by atoms with Crippen LogP contribution in [0.4, 0.5) is 29.3 Å². The van der Waals surface area contributed by atoms with E-state index in [1.807, 2.05) is 39.1 Å². The summed E-state index contributed by atoms with van der Waals surface area (Å²) in [6, 6.07) is 13.4. The maximum Gasteiger partial charge on any atom is 0.416 e. The Balaban J connectivity index is 1.34. The predicted octanol–water partition coefficient (Wildman–Crippen LogP) is 7.01. The Labute approximate surface area is 302 Å². The molecule has 2 aliphatic heterocycles. The van der Waals surface area contributed by atoms with Crippen molar-refractivity contribution in [3.8, 4) is 17.2 Å². The second-order valence-electron chi connectivity index (χ2n) is 13.5. The van der Waals surface area contributed by atoms with Crippen LogP contribution in [-0.2, 0) is 17.5 Å². The van der Waals surface area contributed by atoms with Gasteiger partial charge in [-0.1, -0.05) is 13.0 Å². The molecule has 0 aliphatic carbocycles. The average molecular weight is 729 g/mol. The van der Waals surface area contributed by atoms with E-state index in [-0.39, 0.29) is 55.0 Å². The van der Waals surface area contributed by atoms with Crippen LogP contribution < -0.4 is 24.8 Å². The number of fused-ring (bicyclic) bond motifs is 2. The first kappa shape index (κ1) is 38.7. The van der Waals surface area contributed by atoms with Crippen LogP contribution in [0, 0.1) is 5.92 Å². The molecule has 0 radical (unpaired) electrons. The zero-order valence-electron chi connectivity index (χ0n) is 29.9. The molecular weight excluding hydrogens is 681 g/mol. The fourth-order valence-electron chi connectivity index (χ4n) is 6.22. The number of nitrogens with zero attached hydrogens (tertiary/aromatic N) is 2. The zero-order valence-corrected chi connectivity index (χ0v) is 29.9. The van der Waals surface area contributed by atoms with Crippen LogP contribution in [0.15, 0.2) is 60.7 Å². The van der Waals surface area contributed by atoms with Crippen molar-refractivity contribution in [3.05, 3.63) is 77.4 Å². The zero-order chi connectivity index (χ0) is 37.4. The SMILES string of the molecule is C[C@@H]1CCCCO[C@H](CN(C)Cc2ccc3c(c2)OCO3)[C@@H](C)CN([C@H](C)CO)C(=O)c2cc(NC(=O)Nc3ccc(C(F)(F)F)cc3)ccc2O1. The molecule has 0 fully saturated rings. The van der Waals surface area contributed by atoms with E-state index < -0.39 is 29.7 Å². The minimum Gasteiger partial charge on any atom is -0.490 e. The summed E-state index contributed by atoms with van der Waals surface area (Å²) in [6.45, 7) is 7.68. The van der Waals surface area contributed by atoms with Crippen molar-refractivity contribution < 1.29 is 46.8 Å². The molecule has 5 rings (SSSR count). The Morgan fingerprint density at radius 2 is 1.67 bits per heavy atom. The Morgan fingerprint density at radius 3 is 2.40 bits per heavy atom. The number of nitrogens with one attached hydrogen (secondary N) is 2. The number of hydrogen-bond acceptors (Lipinski definition) is 8. The number of amides is 3. The molecule has 0 unspecified atom stereocenters.